The van der Waals surface area contributed by atoms with Gasteiger partial charge in [-0.25, -0.2) is 13.8 Å². The molecular weight excluding hydrogens is 571 g/mol. The molecule has 4 heterocycles. The van der Waals surface area contributed by atoms with Crippen LogP contribution in [0.15, 0.2) is 52.8 Å². The second kappa shape index (κ2) is 11.2. The van der Waals surface area contributed by atoms with Crippen LogP contribution in [-0.4, -0.2) is 38.1 Å². The van der Waals surface area contributed by atoms with Gasteiger partial charge in [0.1, 0.15) is 17.3 Å². The van der Waals surface area contributed by atoms with Gasteiger partial charge in [0.05, 0.1) is 24.4 Å². The summed E-state index contributed by atoms with van der Waals surface area (Å²) >= 11 is 1.17. The molecule has 1 aliphatic heterocycles. The summed E-state index contributed by atoms with van der Waals surface area (Å²) in [5, 5.41) is 6.51. The van der Waals surface area contributed by atoms with E-state index in [1.807, 2.05) is 0 Å². The van der Waals surface area contributed by atoms with Gasteiger partial charge in [-0.2, -0.15) is 18.3 Å². The number of hydrogen-bond acceptors (Lipinski definition) is 8. The maximum absolute atomic E-state index is 13.5. The summed E-state index contributed by atoms with van der Waals surface area (Å²) in [5.41, 5.74) is -0.124. The number of methoxy groups -OCH3 is 1. The zero-order chi connectivity index (χ0) is 29.3. The number of aromatic nitrogens is 3. The van der Waals surface area contributed by atoms with Crippen LogP contribution in [0.5, 0.6) is 5.75 Å². The molecule has 0 radical (unpaired) electrons. The number of amidine groups is 1. The van der Waals surface area contributed by atoms with Crippen molar-refractivity contribution in [1.29, 1.82) is 0 Å². The van der Waals surface area contributed by atoms with E-state index in [0.717, 1.165) is 42.1 Å². The van der Waals surface area contributed by atoms with Gasteiger partial charge in [0, 0.05) is 35.5 Å². The van der Waals surface area contributed by atoms with Crippen LogP contribution in [0.4, 0.5) is 22.0 Å². The molecule has 0 aromatic carbocycles. The van der Waals surface area contributed by atoms with Crippen molar-refractivity contribution in [2.24, 2.45) is 11.0 Å². The smallest absolute Gasteiger partial charge is 0.416 e. The molecule has 1 atom stereocenters. The summed E-state index contributed by atoms with van der Waals surface area (Å²) in [4.78, 5) is 33.7. The van der Waals surface area contributed by atoms with Gasteiger partial charge in [0.2, 0.25) is 0 Å². The summed E-state index contributed by atoms with van der Waals surface area (Å²) < 4.78 is 72.4. The third-order valence-electron chi connectivity index (χ3n) is 5.98. The Labute approximate surface area is 233 Å². The SMILES string of the molecule is COc1cnc(C(F)F)cc1-c1cc(-n2ccc(C(F)(F)F)cc2=O)ncc1C(=O)NC1=NNC(C#CC2CC2)S1. The largest absolute Gasteiger partial charge is 0.494 e. The lowest BCUT2D eigenvalue weighted by Gasteiger charge is -2.16. The van der Waals surface area contributed by atoms with Crippen LogP contribution in [0.2, 0.25) is 0 Å². The molecule has 1 saturated carbocycles. The van der Waals surface area contributed by atoms with E-state index in [1.165, 1.54) is 24.9 Å². The number of amides is 1. The highest BCUT2D eigenvalue weighted by molar-refractivity contribution is 8.14. The zero-order valence-electron chi connectivity index (χ0n) is 21.0. The average molecular weight is 591 g/mol. The van der Waals surface area contributed by atoms with Crippen LogP contribution in [0.1, 0.15) is 40.9 Å². The van der Waals surface area contributed by atoms with E-state index >= 15 is 0 Å². The molecule has 5 rings (SSSR count). The summed E-state index contributed by atoms with van der Waals surface area (Å²) in [7, 11) is 1.27. The molecule has 2 N–H and O–H groups in total. The average Bonchev–Trinajstić information content (AvgIpc) is 3.67. The number of thioether (sulfide) groups is 1. The number of ether oxygens (including phenoxy) is 1. The molecule has 1 unspecified atom stereocenters. The Bertz CT molecular complexity index is 1660. The first-order valence-corrected chi connectivity index (χ1v) is 12.9. The van der Waals surface area contributed by atoms with E-state index in [9.17, 15) is 31.5 Å². The molecule has 3 aromatic heterocycles. The van der Waals surface area contributed by atoms with Crippen LogP contribution >= 0.6 is 11.8 Å². The molecule has 1 fully saturated rings. The van der Waals surface area contributed by atoms with E-state index in [4.69, 9.17) is 4.74 Å². The molecule has 2 aliphatic rings. The highest BCUT2D eigenvalue weighted by atomic mass is 32.2. The van der Waals surface area contributed by atoms with Gasteiger partial charge in [-0.15, -0.1) is 0 Å². The lowest BCUT2D eigenvalue weighted by molar-refractivity contribution is -0.137. The third-order valence-corrected chi connectivity index (χ3v) is 6.85. The number of carbonyl (C=O) groups is 1. The molecule has 212 valence electrons. The molecule has 1 aliphatic carbocycles. The fourth-order valence-electron chi connectivity index (χ4n) is 3.76. The van der Waals surface area contributed by atoms with Gasteiger partial charge in [-0.05, 0) is 42.8 Å². The van der Waals surface area contributed by atoms with Crippen LogP contribution in [0.3, 0.4) is 0 Å². The van der Waals surface area contributed by atoms with E-state index in [-0.39, 0.29) is 38.8 Å². The minimum atomic E-state index is -4.74. The Kier molecular flexibility index (Phi) is 7.68. The number of hydrogen-bond donors (Lipinski definition) is 2. The fourth-order valence-corrected chi connectivity index (χ4v) is 4.47. The van der Waals surface area contributed by atoms with Crippen molar-refractivity contribution in [3.05, 3.63) is 70.0 Å². The van der Waals surface area contributed by atoms with Crippen molar-refractivity contribution in [2.75, 3.05) is 7.11 Å². The van der Waals surface area contributed by atoms with Crippen LogP contribution in [0, 0.1) is 17.8 Å². The summed E-state index contributed by atoms with van der Waals surface area (Å²) in [6.45, 7) is 0. The normalized spacial score (nSPS) is 16.5. The topological polar surface area (TPSA) is 111 Å². The molecule has 1 amide bonds. The maximum Gasteiger partial charge on any atom is 0.416 e. The van der Waals surface area contributed by atoms with Crippen molar-refractivity contribution in [3.63, 3.8) is 0 Å². The highest BCUT2D eigenvalue weighted by Crippen LogP contribution is 2.35. The molecule has 0 saturated heterocycles. The van der Waals surface area contributed by atoms with Gasteiger partial charge in [-0.1, -0.05) is 11.8 Å². The molecule has 3 aromatic rings. The van der Waals surface area contributed by atoms with Crippen molar-refractivity contribution in [3.8, 4) is 34.5 Å². The van der Waals surface area contributed by atoms with Crippen LogP contribution in [-0.2, 0) is 6.18 Å². The highest BCUT2D eigenvalue weighted by Gasteiger charge is 2.31. The van der Waals surface area contributed by atoms with Gasteiger partial charge in [-0.3, -0.25) is 29.9 Å². The van der Waals surface area contributed by atoms with Crippen molar-refractivity contribution in [2.45, 2.75) is 30.8 Å². The van der Waals surface area contributed by atoms with Crippen LogP contribution in [0.25, 0.3) is 16.9 Å². The van der Waals surface area contributed by atoms with Gasteiger partial charge in [0.15, 0.2) is 10.5 Å². The lowest BCUT2D eigenvalue weighted by atomic mass is 10.00. The van der Waals surface area contributed by atoms with Crippen molar-refractivity contribution in [1.82, 2.24) is 25.3 Å². The minimum Gasteiger partial charge on any atom is -0.494 e. The number of nitrogens with zero attached hydrogens (tertiary/aromatic N) is 4. The minimum absolute atomic E-state index is 0.00193. The second-order valence-corrected chi connectivity index (χ2v) is 9.97. The molecule has 15 heteroatoms. The lowest BCUT2D eigenvalue weighted by Crippen LogP contribution is -2.28. The molecule has 9 nitrogen and oxygen atoms in total. The number of carbonyl (C=O) groups excluding carboxylic acids is 1. The standard InChI is InChI=1S/C26H19F5N6O3S/c1-40-19-12-32-18(23(27)28)9-16(19)15-10-20(37-7-6-14(8-22(37)38)26(29,30)31)33-11-17(15)24(39)34-25-36-35-21(41-25)5-4-13-2-3-13/h6-13,21,23,35H,2-3H2,1H3,(H,34,36,39). The predicted octanol–water partition coefficient (Wildman–Crippen LogP) is 4.34. The molecular formula is C26H19F5N6O3S. The number of rotatable bonds is 5. The zero-order valence-corrected chi connectivity index (χ0v) is 21.8. The van der Waals surface area contributed by atoms with E-state index < -0.39 is 35.3 Å². The summed E-state index contributed by atoms with van der Waals surface area (Å²) in [6.07, 6.45) is -2.61. The Morgan fingerprint density at radius 1 is 1.17 bits per heavy atom. The van der Waals surface area contributed by atoms with Crippen molar-refractivity contribution >= 4 is 22.8 Å². The maximum atomic E-state index is 13.5. The van der Waals surface area contributed by atoms with E-state index in [1.54, 1.807) is 0 Å². The van der Waals surface area contributed by atoms with E-state index in [2.05, 4.69) is 37.7 Å². The van der Waals surface area contributed by atoms with E-state index in [0.29, 0.717) is 18.1 Å². The number of hydrazone groups is 1. The molecule has 0 bridgehead atoms. The quantitative estimate of drug-likeness (QED) is 0.336. The summed E-state index contributed by atoms with van der Waals surface area (Å²) in [6, 6.07) is 3.31. The summed E-state index contributed by atoms with van der Waals surface area (Å²) in [5.74, 6) is 5.62. The molecule has 0 spiro atoms. The number of pyridine rings is 3. The van der Waals surface area contributed by atoms with Gasteiger partial charge in [0.25, 0.3) is 17.9 Å². The molecule has 41 heavy (non-hydrogen) atoms. The number of nitrogens with one attached hydrogen (secondary N) is 2. The Hall–Kier alpha value is -4.45. The third kappa shape index (κ3) is 6.32. The van der Waals surface area contributed by atoms with Crippen LogP contribution < -0.4 is 21.0 Å². The van der Waals surface area contributed by atoms with Gasteiger partial charge >= 0.3 is 6.18 Å². The Morgan fingerprint density at radius 3 is 2.61 bits per heavy atom. The number of alkyl halides is 5. The first-order valence-electron chi connectivity index (χ1n) is 12.0. The van der Waals surface area contributed by atoms with Gasteiger partial charge < -0.3 is 4.74 Å². The Balaban J connectivity index is 1.54. The monoisotopic (exact) mass is 590 g/mol. The number of halogens is 5. The first-order chi connectivity index (χ1) is 19.5. The predicted molar refractivity (Wildman–Crippen MR) is 139 cm³/mol. The van der Waals surface area contributed by atoms with Crippen molar-refractivity contribution < 1.29 is 31.5 Å². The fraction of sp³-hybridized carbons (Fsp3) is 0.269. The second-order valence-electron chi connectivity index (χ2n) is 8.88. The first kappa shape index (κ1) is 28.1. The Morgan fingerprint density at radius 2 is 1.95 bits per heavy atom.